The average molecular weight is 426 g/mol. The monoisotopic (exact) mass is 425 g/mol. The number of ether oxygens (including phenoxy) is 1. The van der Waals surface area contributed by atoms with Gasteiger partial charge in [-0.1, -0.05) is 54.6 Å². The summed E-state index contributed by atoms with van der Waals surface area (Å²) in [7, 11) is 1.65. The number of hydrogen-bond acceptors (Lipinski definition) is 3. The summed E-state index contributed by atoms with van der Waals surface area (Å²) in [5.74, 6) is 0.735. The van der Waals surface area contributed by atoms with Crippen LogP contribution >= 0.6 is 0 Å². The minimum absolute atomic E-state index is 0.0567. The largest absolute Gasteiger partial charge is 0.497 e. The van der Waals surface area contributed by atoms with Crippen LogP contribution in [0.25, 0.3) is 22.5 Å². The molecule has 1 atom stereocenters. The van der Waals surface area contributed by atoms with E-state index in [4.69, 9.17) is 4.74 Å². The van der Waals surface area contributed by atoms with E-state index in [1.807, 2.05) is 79.7 Å². The first-order chi connectivity index (χ1) is 15.6. The van der Waals surface area contributed by atoms with E-state index in [9.17, 15) is 4.79 Å². The standard InChI is InChI=1S/C27H27N3O2/c1-19(11-12-20-7-4-3-5-8-20)28-27(31)22-15-13-21(14-16-22)25-18-26(30-29-25)23-9-6-10-24(17-23)32-2/h3-10,13-19H,11-12H2,1-2H3,(H,28,31)(H,29,30)/t19-/m0/s1. The number of aromatic amines is 1. The van der Waals surface area contributed by atoms with Crippen LogP contribution in [0.3, 0.4) is 0 Å². The molecule has 4 rings (SSSR count). The lowest BCUT2D eigenvalue weighted by molar-refractivity contribution is 0.0938. The Kier molecular flexibility index (Phi) is 6.66. The van der Waals surface area contributed by atoms with Crippen LogP contribution in [0.2, 0.25) is 0 Å². The van der Waals surface area contributed by atoms with Gasteiger partial charge in [0, 0.05) is 17.2 Å². The van der Waals surface area contributed by atoms with Crippen LogP contribution in [0, 0.1) is 0 Å². The van der Waals surface area contributed by atoms with E-state index in [1.54, 1.807) is 7.11 Å². The number of nitrogens with zero attached hydrogens (tertiary/aromatic N) is 1. The predicted molar refractivity (Wildman–Crippen MR) is 128 cm³/mol. The maximum absolute atomic E-state index is 12.6. The second-order valence-electron chi connectivity index (χ2n) is 7.87. The van der Waals surface area contributed by atoms with Gasteiger partial charge in [-0.15, -0.1) is 0 Å². The molecule has 0 fully saturated rings. The predicted octanol–water partition coefficient (Wildman–Crippen LogP) is 5.50. The SMILES string of the molecule is COc1cccc(-c2cc(-c3ccc(C(=O)N[C@@H](C)CCc4ccccc4)cc3)[nH]n2)c1. The van der Waals surface area contributed by atoms with E-state index in [-0.39, 0.29) is 11.9 Å². The Morgan fingerprint density at radius 3 is 2.50 bits per heavy atom. The molecule has 1 aromatic heterocycles. The smallest absolute Gasteiger partial charge is 0.251 e. The quantitative estimate of drug-likeness (QED) is 0.391. The van der Waals surface area contributed by atoms with Crippen molar-refractivity contribution in [3.05, 3.63) is 96.1 Å². The third-order valence-electron chi connectivity index (χ3n) is 5.49. The van der Waals surface area contributed by atoms with Crippen molar-refractivity contribution < 1.29 is 9.53 Å². The van der Waals surface area contributed by atoms with Crippen molar-refractivity contribution in [1.82, 2.24) is 15.5 Å². The van der Waals surface area contributed by atoms with Crippen LogP contribution in [0.5, 0.6) is 5.75 Å². The number of aryl methyl sites for hydroxylation is 1. The van der Waals surface area contributed by atoms with Gasteiger partial charge >= 0.3 is 0 Å². The van der Waals surface area contributed by atoms with E-state index < -0.39 is 0 Å². The zero-order valence-electron chi connectivity index (χ0n) is 18.3. The van der Waals surface area contributed by atoms with Crippen molar-refractivity contribution in [2.24, 2.45) is 0 Å². The highest BCUT2D eigenvalue weighted by Crippen LogP contribution is 2.26. The molecule has 0 aliphatic heterocycles. The summed E-state index contributed by atoms with van der Waals surface area (Å²) in [6.45, 7) is 2.04. The fourth-order valence-corrected chi connectivity index (χ4v) is 3.61. The molecule has 4 aromatic rings. The van der Waals surface area contributed by atoms with E-state index >= 15 is 0 Å². The zero-order chi connectivity index (χ0) is 22.3. The Bertz CT molecular complexity index is 1170. The molecule has 1 heterocycles. The summed E-state index contributed by atoms with van der Waals surface area (Å²) in [4.78, 5) is 12.6. The number of hydrogen-bond donors (Lipinski definition) is 2. The highest BCUT2D eigenvalue weighted by molar-refractivity contribution is 5.94. The molecule has 2 N–H and O–H groups in total. The topological polar surface area (TPSA) is 67.0 Å². The summed E-state index contributed by atoms with van der Waals surface area (Å²) in [6.07, 6.45) is 1.84. The third kappa shape index (κ3) is 5.24. The fourth-order valence-electron chi connectivity index (χ4n) is 3.61. The fraction of sp³-hybridized carbons (Fsp3) is 0.185. The zero-order valence-corrected chi connectivity index (χ0v) is 18.3. The molecule has 0 aliphatic carbocycles. The number of nitrogens with one attached hydrogen (secondary N) is 2. The normalized spacial score (nSPS) is 11.7. The number of carbonyl (C=O) groups excluding carboxylic acids is 1. The first kappa shape index (κ1) is 21.4. The molecular formula is C27H27N3O2. The number of benzene rings is 3. The van der Waals surface area contributed by atoms with Gasteiger partial charge in [0.2, 0.25) is 0 Å². The second kappa shape index (κ2) is 9.96. The van der Waals surface area contributed by atoms with Crippen LogP contribution in [0.15, 0.2) is 84.9 Å². The van der Waals surface area contributed by atoms with Crippen LogP contribution in [0.1, 0.15) is 29.3 Å². The summed E-state index contributed by atoms with van der Waals surface area (Å²) in [5, 5.41) is 10.6. The average Bonchev–Trinajstić information content (AvgIpc) is 3.34. The summed E-state index contributed by atoms with van der Waals surface area (Å²) in [5.41, 5.74) is 5.62. The molecular weight excluding hydrogens is 398 g/mol. The highest BCUT2D eigenvalue weighted by Gasteiger charge is 2.11. The molecule has 0 unspecified atom stereocenters. The van der Waals surface area contributed by atoms with Gasteiger partial charge in [0.15, 0.2) is 0 Å². The van der Waals surface area contributed by atoms with Gasteiger partial charge in [-0.25, -0.2) is 0 Å². The molecule has 3 aromatic carbocycles. The number of methoxy groups -OCH3 is 1. The van der Waals surface area contributed by atoms with Gasteiger partial charge in [0.05, 0.1) is 18.5 Å². The Balaban J connectivity index is 1.37. The molecule has 162 valence electrons. The van der Waals surface area contributed by atoms with Crippen LogP contribution in [-0.4, -0.2) is 29.3 Å². The van der Waals surface area contributed by atoms with Gasteiger partial charge in [-0.3, -0.25) is 9.89 Å². The van der Waals surface area contributed by atoms with Gasteiger partial charge in [0.25, 0.3) is 5.91 Å². The summed E-state index contributed by atoms with van der Waals surface area (Å²) >= 11 is 0. The molecule has 0 radical (unpaired) electrons. The Morgan fingerprint density at radius 2 is 1.75 bits per heavy atom. The Hall–Kier alpha value is -3.86. The van der Waals surface area contributed by atoms with Gasteiger partial charge in [-0.05, 0) is 61.2 Å². The maximum atomic E-state index is 12.6. The van der Waals surface area contributed by atoms with Crippen molar-refractivity contribution >= 4 is 5.91 Å². The molecule has 0 aliphatic rings. The number of aromatic nitrogens is 2. The number of H-pyrrole nitrogens is 1. The van der Waals surface area contributed by atoms with Crippen molar-refractivity contribution in [2.45, 2.75) is 25.8 Å². The molecule has 5 nitrogen and oxygen atoms in total. The molecule has 5 heteroatoms. The van der Waals surface area contributed by atoms with Crippen molar-refractivity contribution in [2.75, 3.05) is 7.11 Å². The molecule has 32 heavy (non-hydrogen) atoms. The van der Waals surface area contributed by atoms with Crippen LogP contribution < -0.4 is 10.1 Å². The van der Waals surface area contributed by atoms with Crippen molar-refractivity contribution in [1.29, 1.82) is 0 Å². The Labute approximate surface area is 188 Å². The highest BCUT2D eigenvalue weighted by atomic mass is 16.5. The molecule has 1 amide bonds. The van der Waals surface area contributed by atoms with E-state index in [0.29, 0.717) is 5.56 Å². The van der Waals surface area contributed by atoms with E-state index in [1.165, 1.54) is 5.56 Å². The number of rotatable bonds is 8. The van der Waals surface area contributed by atoms with Crippen LogP contribution in [-0.2, 0) is 6.42 Å². The van der Waals surface area contributed by atoms with E-state index in [2.05, 4.69) is 27.6 Å². The lowest BCUT2D eigenvalue weighted by Gasteiger charge is -2.14. The number of carbonyl (C=O) groups is 1. The first-order valence-electron chi connectivity index (χ1n) is 10.8. The van der Waals surface area contributed by atoms with Gasteiger partial charge in [0.1, 0.15) is 5.75 Å². The third-order valence-corrected chi connectivity index (χ3v) is 5.49. The minimum Gasteiger partial charge on any atom is -0.497 e. The second-order valence-corrected chi connectivity index (χ2v) is 7.87. The molecule has 0 spiro atoms. The molecule has 0 saturated heterocycles. The van der Waals surface area contributed by atoms with Crippen molar-refractivity contribution in [3.8, 4) is 28.3 Å². The first-order valence-corrected chi connectivity index (χ1v) is 10.8. The lowest BCUT2D eigenvalue weighted by Crippen LogP contribution is -2.32. The van der Waals surface area contributed by atoms with Gasteiger partial charge in [-0.2, -0.15) is 5.10 Å². The summed E-state index contributed by atoms with van der Waals surface area (Å²) < 4.78 is 5.29. The lowest BCUT2D eigenvalue weighted by atomic mass is 10.0. The molecule has 0 bridgehead atoms. The Morgan fingerprint density at radius 1 is 0.969 bits per heavy atom. The van der Waals surface area contributed by atoms with E-state index in [0.717, 1.165) is 41.1 Å². The maximum Gasteiger partial charge on any atom is 0.251 e. The van der Waals surface area contributed by atoms with Crippen molar-refractivity contribution in [3.63, 3.8) is 0 Å². The number of amides is 1. The minimum atomic E-state index is -0.0567. The van der Waals surface area contributed by atoms with Crippen LogP contribution in [0.4, 0.5) is 0 Å². The molecule has 0 saturated carbocycles. The van der Waals surface area contributed by atoms with Gasteiger partial charge < -0.3 is 10.1 Å². The summed E-state index contributed by atoms with van der Waals surface area (Å²) in [6, 6.07) is 27.8.